The van der Waals surface area contributed by atoms with Gasteiger partial charge in [0.25, 0.3) is 0 Å². The Morgan fingerprint density at radius 2 is 2.12 bits per heavy atom. The summed E-state index contributed by atoms with van der Waals surface area (Å²) in [4.78, 5) is 10.7. The van der Waals surface area contributed by atoms with E-state index < -0.39 is 5.97 Å². The van der Waals surface area contributed by atoms with E-state index in [9.17, 15) is 4.79 Å². The van der Waals surface area contributed by atoms with Crippen molar-refractivity contribution in [1.29, 1.82) is 0 Å². The summed E-state index contributed by atoms with van der Waals surface area (Å²) in [5.74, 6) is -1.04. The maximum atomic E-state index is 10.7. The van der Waals surface area contributed by atoms with Crippen LogP contribution in [0.2, 0.25) is 0 Å². The highest BCUT2D eigenvalue weighted by Crippen LogP contribution is 2.22. The Morgan fingerprint density at radius 1 is 1.53 bits per heavy atom. The van der Waals surface area contributed by atoms with Crippen molar-refractivity contribution in [1.82, 2.24) is 9.78 Å². The zero-order valence-corrected chi connectivity index (χ0v) is 11.3. The van der Waals surface area contributed by atoms with Crippen molar-refractivity contribution in [3.8, 4) is 0 Å². The predicted octanol–water partition coefficient (Wildman–Crippen LogP) is 2.37. The quantitative estimate of drug-likeness (QED) is 0.876. The van der Waals surface area contributed by atoms with Gasteiger partial charge in [-0.2, -0.15) is 5.10 Å². The fourth-order valence-electron chi connectivity index (χ4n) is 1.59. The van der Waals surface area contributed by atoms with Gasteiger partial charge >= 0.3 is 5.97 Å². The SMILES string of the molecule is CC(CCc1cc(C(C)(C)C)nn1C)C(=O)O. The van der Waals surface area contributed by atoms with Crippen LogP contribution in [0.4, 0.5) is 0 Å². The van der Waals surface area contributed by atoms with Gasteiger partial charge in [-0.3, -0.25) is 9.48 Å². The number of rotatable bonds is 4. The van der Waals surface area contributed by atoms with E-state index >= 15 is 0 Å². The highest BCUT2D eigenvalue weighted by Gasteiger charge is 2.19. The van der Waals surface area contributed by atoms with Crippen LogP contribution in [0, 0.1) is 5.92 Å². The second kappa shape index (κ2) is 4.90. The molecule has 1 N–H and O–H groups in total. The van der Waals surface area contributed by atoms with Gasteiger partial charge < -0.3 is 5.11 Å². The molecule has 0 saturated carbocycles. The molecule has 0 aromatic carbocycles. The molecule has 1 rings (SSSR count). The van der Waals surface area contributed by atoms with Gasteiger partial charge in [0.05, 0.1) is 11.6 Å². The molecule has 0 aliphatic rings. The van der Waals surface area contributed by atoms with Gasteiger partial charge in [-0.1, -0.05) is 27.7 Å². The monoisotopic (exact) mass is 238 g/mol. The largest absolute Gasteiger partial charge is 0.481 e. The Bertz CT molecular complexity index is 402. The van der Waals surface area contributed by atoms with E-state index in [2.05, 4.69) is 31.9 Å². The third kappa shape index (κ3) is 3.58. The maximum absolute atomic E-state index is 10.7. The molecule has 0 spiro atoms. The molecule has 1 heterocycles. The first kappa shape index (κ1) is 13.7. The fraction of sp³-hybridized carbons (Fsp3) is 0.692. The summed E-state index contributed by atoms with van der Waals surface area (Å²) in [6, 6.07) is 2.08. The molecule has 1 atom stereocenters. The zero-order valence-electron chi connectivity index (χ0n) is 11.3. The molecule has 1 aromatic rings. The lowest BCUT2D eigenvalue weighted by molar-refractivity contribution is -0.141. The Kier molecular flexibility index (Phi) is 3.96. The summed E-state index contributed by atoms with van der Waals surface area (Å²) in [5, 5.41) is 13.3. The topological polar surface area (TPSA) is 55.1 Å². The second-order valence-corrected chi connectivity index (χ2v) is 5.67. The number of hydrogen-bond acceptors (Lipinski definition) is 2. The molecule has 0 aliphatic heterocycles. The van der Waals surface area contributed by atoms with Crippen LogP contribution in [0.25, 0.3) is 0 Å². The van der Waals surface area contributed by atoms with E-state index in [-0.39, 0.29) is 11.3 Å². The first-order valence-electron chi connectivity index (χ1n) is 5.98. The van der Waals surface area contributed by atoms with Gasteiger partial charge in [-0.15, -0.1) is 0 Å². The molecule has 0 fully saturated rings. The highest BCUT2D eigenvalue weighted by atomic mass is 16.4. The molecule has 0 bridgehead atoms. The van der Waals surface area contributed by atoms with Gasteiger partial charge in [-0.25, -0.2) is 0 Å². The van der Waals surface area contributed by atoms with Crippen LogP contribution >= 0.6 is 0 Å². The second-order valence-electron chi connectivity index (χ2n) is 5.67. The third-order valence-electron chi connectivity index (χ3n) is 3.00. The minimum Gasteiger partial charge on any atom is -0.481 e. The van der Waals surface area contributed by atoms with E-state index in [1.165, 1.54) is 0 Å². The number of aryl methyl sites for hydroxylation is 2. The fourth-order valence-corrected chi connectivity index (χ4v) is 1.59. The minimum atomic E-state index is -0.733. The maximum Gasteiger partial charge on any atom is 0.306 e. The molecular formula is C13H22N2O2. The number of hydrogen-bond donors (Lipinski definition) is 1. The molecule has 0 radical (unpaired) electrons. The van der Waals surface area contributed by atoms with Gasteiger partial charge in [0.2, 0.25) is 0 Å². The summed E-state index contributed by atoms with van der Waals surface area (Å²) in [6.45, 7) is 8.11. The molecule has 0 aliphatic carbocycles. The zero-order chi connectivity index (χ0) is 13.2. The van der Waals surface area contributed by atoms with E-state index in [4.69, 9.17) is 5.11 Å². The molecule has 4 nitrogen and oxygen atoms in total. The van der Waals surface area contributed by atoms with E-state index in [0.717, 1.165) is 17.8 Å². The summed E-state index contributed by atoms with van der Waals surface area (Å²) in [5.41, 5.74) is 2.19. The summed E-state index contributed by atoms with van der Waals surface area (Å²) >= 11 is 0. The normalized spacial score (nSPS) is 13.7. The Balaban J connectivity index is 2.73. The van der Waals surface area contributed by atoms with Crippen LogP contribution < -0.4 is 0 Å². The smallest absolute Gasteiger partial charge is 0.306 e. The Labute approximate surface area is 103 Å². The minimum absolute atomic E-state index is 0.0361. The standard InChI is InChI=1S/C13H22N2O2/c1-9(12(16)17)6-7-10-8-11(13(2,3)4)14-15(10)5/h8-9H,6-7H2,1-5H3,(H,16,17). The van der Waals surface area contributed by atoms with E-state index in [0.29, 0.717) is 6.42 Å². The first-order valence-corrected chi connectivity index (χ1v) is 5.98. The number of carbonyl (C=O) groups is 1. The van der Waals surface area contributed by atoms with Crippen LogP contribution in [0.5, 0.6) is 0 Å². The van der Waals surface area contributed by atoms with Crippen molar-refractivity contribution in [2.24, 2.45) is 13.0 Å². The van der Waals surface area contributed by atoms with Crippen molar-refractivity contribution in [3.63, 3.8) is 0 Å². The molecule has 17 heavy (non-hydrogen) atoms. The number of aromatic nitrogens is 2. The number of carboxylic acids is 1. The molecule has 4 heteroatoms. The Morgan fingerprint density at radius 3 is 2.53 bits per heavy atom. The van der Waals surface area contributed by atoms with Crippen LogP contribution in [0.1, 0.15) is 45.5 Å². The first-order chi connectivity index (χ1) is 7.71. The summed E-state index contributed by atoms with van der Waals surface area (Å²) in [7, 11) is 1.91. The van der Waals surface area contributed by atoms with Crippen LogP contribution in [0.3, 0.4) is 0 Å². The molecule has 1 aromatic heterocycles. The van der Waals surface area contributed by atoms with Gasteiger partial charge in [0.1, 0.15) is 0 Å². The summed E-state index contributed by atoms with van der Waals surface area (Å²) in [6.07, 6.45) is 1.41. The highest BCUT2D eigenvalue weighted by molar-refractivity contribution is 5.69. The predicted molar refractivity (Wildman–Crippen MR) is 67.0 cm³/mol. The van der Waals surface area contributed by atoms with Gasteiger partial charge in [0, 0.05) is 18.2 Å². The molecule has 96 valence electrons. The van der Waals surface area contributed by atoms with Crippen molar-refractivity contribution in [2.75, 3.05) is 0 Å². The van der Waals surface area contributed by atoms with Crippen LogP contribution in [0.15, 0.2) is 6.07 Å². The lowest BCUT2D eigenvalue weighted by Gasteiger charge is -2.13. The average Bonchev–Trinajstić information content (AvgIpc) is 2.55. The third-order valence-corrected chi connectivity index (χ3v) is 3.00. The molecule has 1 unspecified atom stereocenters. The van der Waals surface area contributed by atoms with Crippen molar-refractivity contribution in [2.45, 2.75) is 46.0 Å². The van der Waals surface area contributed by atoms with Crippen LogP contribution in [-0.4, -0.2) is 20.9 Å². The lowest BCUT2D eigenvalue weighted by Crippen LogP contribution is -2.12. The van der Waals surface area contributed by atoms with Crippen molar-refractivity contribution < 1.29 is 9.90 Å². The molecular weight excluding hydrogens is 216 g/mol. The van der Waals surface area contributed by atoms with Crippen molar-refractivity contribution in [3.05, 3.63) is 17.5 Å². The number of nitrogens with zero attached hydrogens (tertiary/aromatic N) is 2. The van der Waals surface area contributed by atoms with E-state index in [1.807, 2.05) is 11.7 Å². The summed E-state index contributed by atoms with van der Waals surface area (Å²) < 4.78 is 1.86. The molecule has 0 amide bonds. The van der Waals surface area contributed by atoms with Gasteiger partial charge in [0.15, 0.2) is 0 Å². The Hall–Kier alpha value is -1.32. The number of aliphatic carboxylic acids is 1. The van der Waals surface area contributed by atoms with Crippen LogP contribution in [-0.2, 0) is 23.7 Å². The van der Waals surface area contributed by atoms with Gasteiger partial charge in [-0.05, 0) is 18.9 Å². The van der Waals surface area contributed by atoms with Crippen molar-refractivity contribution >= 4 is 5.97 Å². The lowest BCUT2D eigenvalue weighted by atomic mass is 9.92. The van der Waals surface area contributed by atoms with E-state index in [1.54, 1.807) is 6.92 Å². The molecule has 0 saturated heterocycles. The average molecular weight is 238 g/mol. The number of carboxylic acid groups (broad SMARTS) is 1.